The molecule has 1 saturated heterocycles. The van der Waals surface area contributed by atoms with Crippen LogP contribution in [0, 0.1) is 0 Å². The molecule has 1 atom stereocenters. The van der Waals surface area contributed by atoms with E-state index in [9.17, 15) is 4.79 Å². The number of rotatable bonds is 5. The maximum Gasteiger partial charge on any atom is 0.252 e. The number of halogens is 1. The molecule has 0 radical (unpaired) electrons. The highest BCUT2D eigenvalue weighted by atomic mass is 35.5. The van der Waals surface area contributed by atoms with Crippen molar-refractivity contribution in [1.29, 1.82) is 0 Å². The fourth-order valence-corrected chi connectivity index (χ4v) is 3.03. The minimum Gasteiger partial charge on any atom is -0.419 e. The van der Waals surface area contributed by atoms with Gasteiger partial charge >= 0.3 is 0 Å². The average Bonchev–Trinajstić information content (AvgIpc) is 3.10. The third kappa shape index (κ3) is 3.30. The molecule has 2 heterocycles. The number of benzene rings is 1. The molecule has 6 nitrogen and oxygen atoms in total. The summed E-state index contributed by atoms with van der Waals surface area (Å²) >= 11 is 5.89. The van der Waals surface area contributed by atoms with Crippen molar-refractivity contribution in [1.82, 2.24) is 15.1 Å². The molecule has 1 saturated carbocycles. The van der Waals surface area contributed by atoms with Crippen LogP contribution in [0.5, 0.6) is 0 Å². The summed E-state index contributed by atoms with van der Waals surface area (Å²) in [7, 11) is 0. The summed E-state index contributed by atoms with van der Waals surface area (Å²) < 4.78 is 11.3. The van der Waals surface area contributed by atoms with Gasteiger partial charge in [0.2, 0.25) is 11.8 Å². The van der Waals surface area contributed by atoms with Crippen molar-refractivity contribution in [3.63, 3.8) is 0 Å². The van der Waals surface area contributed by atoms with Crippen molar-refractivity contribution in [3.05, 3.63) is 35.2 Å². The van der Waals surface area contributed by atoms with Gasteiger partial charge < -0.3 is 14.1 Å². The molecule has 24 heavy (non-hydrogen) atoms. The van der Waals surface area contributed by atoms with Crippen molar-refractivity contribution in [2.75, 3.05) is 6.61 Å². The Kier molecular flexibility index (Phi) is 4.24. The molecule has 4 rings (SSSR count). The Balaban J connectivity index is 1.49. The topological polar surface area (TPSA) is 68.5 Å². The molecule has 0 spiro atoms. The van der Waals surface area contributed by atoms with Crippen molar-refractivity contribution in [3.8, 4) is 11.5 Å². The van der Waals surface area contributed by atoms with Crippen LogP contribution in [0.1, 0.15) is 31.6 Å². The van der Waals surface area contributed by atoms with Gasteiger partial charge in [-0.3, -0.25) is 4.79 Å². The van der Waals surface area contributed by atoms with E-state index in [1.165, 1.54) is 0 Å². The second-order valence-corrected chi connectivity index (χ2v) is 6.64. The molecule has 2 aromatic rings. The molecule has 0 unspecified atom stereocenters. The maximum absolute atomic E-state index is 12.6. The zero-order chi connectivity index (χ0) is 16.5. The summed E-state index contributed by atoms with van der Waals surface area (Å²) in [5.74, 6) is 0.918. The van der Waals surface area contributed by atoms with Crippen LogP contribution in [0.25, 0.3) is 11.5 Å². The summed E-state index contributed by atoms with van der Waals surface area (Å²) in [4.78, 5) is 14.5. The summed E-state index contributed by atoms with van der Waals surface area (Å²) in [5.41, 5.74) is 0.807. The summed E-state index contributed by atoms with van der Waals surface area (Å²) in [6, 6.07) is 7.48. The smallest absolute Gasteiger partial charge is 0.252 e. The van der Waals surface area contributed by atoms with E-state index < -0.39 is 0 Å². The van der Waals surface area contributed by atoms with Gasteiger partial charge in [0.1, 0.15) is 6.10 Å². The van der Waals surface area contributed by atoms with Gasteiger partial charge in [-0.25, -0.2) is 0 Å². The monoisotopic (exact) mass is 347 g/mol. The predicted molar refractivity (Wildman–Crippen MR) is 87.3 cm³/mol. The zero-order valence-electron chi connectivity index (χ0n) is 13.2. The Labute approximate surface area is 144 Å². The predicted octanol–water partition coefficient (Wildman–Crippen LogP) is 3.06. The lowest BCUT2D eigenvalue weighted by Gasteiger charge is -2.23. The fraction of sp³-hybridized carbons (Fsp3) is 0.471. The van der Waals surface area contributed by atoms with Gasteiger partial charge in [-0.2, -0.15) is 0 Å². The first-order chi connectivity index (χ1) is 11.7. The van der Waals surface area contributed by atoms with E-state index in [0.29, 0.717) is 30.0 Å². The molecular weight excluding hydrogens is 330 g/mol. The van der Waals surface area contributed by atoms with Crippen LogP contribution in [0.3, 0.4) is 0 Å². The molecule has 2 fully saturated rings. The van der Waals surface area contributed by atoms with Crippen LogP contribution >= 0.6 is 11.6 Å². The first-order valence-corrected chi connectivity index (χ1v) is 8.59. The molecule has 1 aromatic carbocycles. The molecule has 1 aliphatic carbocycles. The highest BCUT2D eigenvalue weighted by Crippen LogP contribution is 2.31. The average molecular weight is 348 g/mol. The molecule has 1 aliphatic heterocycles. The quantitative estimate of drug-likeness (QED) is 0.831. The minimum atomic E-state index is -0.316. The van der Waals surface area contributed by atoms with E-state index in [-0.39, 0.29) is 18.1 Å². The van der Waals surface area contributed by atoms with Crippen LogP contribution in [0.4, 0.5) is 0 Å². The lowest BCUT2D eigenvalue weighted by molar-refractivity contribution is -0.142. The number of carbonyl (C=O) groups is 1. The van der Waals surface area contributed by atoms with E-state index >= 15 is 0 Å². The summed E-state index contributed by atoms with van der Waals surface area (Å²) in [6.45, 7) is 1.00. The molecule has 7 heteroatoms. The second-order valence-electron chi connectivity index (χ2n) is 6.21. The van der Waals surface area contributed by atoms with Gasteiger partial charge in [-0.1, -0.05) is 11.6 Å². The Morgan fingerprint density at radius 2 is 2.00 bits per heavy atom. The normalized spacial score (nSPS) is 20.3. The van der Waals surface area contributed by atoms with Gasteiger partial charge in [-0.15, -0.1) is 10.2 Å². The van der Waals surface area contributed by atoms with E-state index in [4.69, 9.17) is 20.8 Å². The molecule has 2 aliphatic rings. The highest BCUT2D eigenvalue weighted by Gasteiger charge is 2.38. The second kappa shape index (κ2) is 6.53. The Hall–Kier alpha value is -1.92. The van der Waals surface area contributed by atoms with Gasteiger partial charge in [0, 0.05) is 23.2 Å². The van der Waals surface area contributed by atoms with Crippen molar-refractivity contribution in [2.24, 2.45) is 0 Å². The van der Waals surface area contributed by atoms with Crippen LogP contribution < -0.4 is 0 Å². The molecular formula is C17H18ClN3O3. The highest BCUT2D eigenvalue weighted by molar-refractivity contribution is 6.30. The fourth-order valence-electron chi connectivity index (χ4n) is 2.90. The number of carbonyl (C=O) groups excluding carboxylic acids is 1. The van der Waals surface area contributed by atoms with Crippen molar-refractivity contribution >= 4 is 17.5 Å². The lowest BCUT2D eigenvalue weighted by Crippen LogP contribution is -2.40. The first kappa shape index (κ1) is 15.6. The maximum atomic E-state index is 12.6. The zero-order valence-corrected chi connectivity index (χ0v) is 13.9. The number of hydrogen-bond acceptors (Lipinski definition) is 5. The SMILES string of the molecule is O=C([C@H]1CCCO1)N(Cc1nnc(-c2ccc(Cl)cc2)o1)C1CC1. The lowest BCUT2D eigenvalue weighted by atomic mass is 10.2. The van der Waals surface area contributed by atoms with E-state index in [0.717, 1.165) is 31.2 Å². The van der Waals surface area contributed by atoms with Gasteiger partial charge in [0.25, 0.3) is 5.91 Å². The Bertz CT molecular complexity index is 721. The third-order valence-corrected chi connectivity index (χ3v) is 4.59. The molecule has 0 bridgehead atoms. The Morgan fingerprint density at radius 3 is 2.67 bits per heavy atom. The van der Waals surface area contributed by atoms with Crippen molar-refractivity contribution in [2.45, 2.75) is 44.4 Å². The van der Waals surface area contributed by atoms with Crippen LogP contribution in [0.2, 0.25) is 5.02 Å². The van der Waals surface area contributed by atoms with Crippen LogP contribution in [-0.2, 0) is 16.1 Å². The molecule has 126 valence electrons. The first-order valence-electron chi connectivity index (χ1n) is 8.21. The standard InChI is InChI=1S/C17H18ClN3O3/c18-12-5-3-11(4-6-12)16-20-19-15(24-16)10-21(13-7-8-13)17(22)14-2-1-9-23-14/h3-6,13-14H,1-2,7-10H2/t14-/m1/s1. The number of nitrogens with zero attached hydrogens (tertiary/aromatic N) is 3. The largest absolute Gasteiger partial charge is 0.419 e. The number of hydrogen-bond donors (Lipinski definition) is 0. The number of aromatic nitrogens is 2. The molecule has 1 amide bonds. The third-order valence-electron chi connectivity index (χ3n) is 4.34. The number of ether oxygens (including phenoxy) is 1. The van der Waals surface area contributed by atoms with Gasteiger partial charge in [0.15, 0.2) is 0 Å². The summed E-state index contributed by atoms with van der Waals surface area (Å²) in [6.07, 6.45) is 3.47. The molecule has 1 aromatic heterocycles. The van der Waals surface area contributed by atoms with Crippen molar-refractivity contribution < 1.29 is 13.9 Å². The van der Waals surface area contributed by atoms with Crippen LogP contribution in [-0.4, -0.2) is 39.8 Å². The minimum absolute atomic E-state index is 0.0428. The molecule has 0 N–H and O–H groups in total. The van der Waals surface area contributed by atoms with Gasteiger partial charge in [0.05, 0.1) is 6.54 Å². The number of amides is 1. The summed E-state index contributed by atoms with van der Waals surface area (Å²) in [5, 5.41) is 8.82. The van der Waals surface area contributed by atoms with Crippen LogP contribution in [0.15, 0.2) is 28.7 Å². The van der Waals surface area contributed by atoms with Gasteiger partial charge in [-0.05, 0) is 49.9 Å². The van der Waals surface area contributed by atoms with E-state index in [2.05, 4.69) is 10.2 Å². The Morgan fingerprint density at radius 1 is 1.21 bits per heavy atom. The van der Waals surface area contributed by atoms with E-state index in [1.54, 1.807) is 12.1 Å². The van der Waals surface area contributed by atoms with E-state index in [1.807, 2.05) is 17.0 Å².